The van der Waals surface area contributed by atoms with E-state index >= 15 is 0 Å². The van der Waals surface area contributed by atoms with E-state index in [0.29, 0.717) is 13.1 Å². The molecule has 1 aromatic heterocycles. The van der Waals surface area contributed by atoms with Gasteiger partial charge in [0.1, 0.15) is 0 Å². The number of carbonyl (C=O) groups excluding carboxylic acids is 1. The molecule has 0 saturated heterocycles. The summed E-state index contributed by atoms with van der Waals surface area (Å²) in [5.74, 6) is 0. The molecule has 0 aliphatic heterocycles. The second-order valence-electron chi connectivity index (χ2n) is 8.87. The van der Waals surface area contributed by atoms with E-state index < -0.39 is 0 Å². The monoisotopic (exact) mass is 449 g/mol. The molecule has 1 aliphatic carbocycles. The van der Waals surface area contributed by atoms with E-state index in [9.17, 15) is 4.79 Å². The van der Waals surface area contributed by atoms with E-state index in [4.69, 9.17) is 11.6 Å². The highest BCUT2D eigenvalue weighted by Gasteiger charge is 2.26. The van der Waals surface area contributed by atoms with Crippen LogP contribution in [-0.2, 0) is 13.1 Å². The molecule has 32 heavy (non-hydrogen) atoms. The summed E-state index contributed by atoms with van der Waals surface area (Å²) in [5.41, 5.74) is 5.46. The van der Waals surface area contributed by atoms with Crippen molar-refractivity contribution >= 4 is 23.3 Å². The molecule has 3 aromatic rings. The fourth-order valence-corrected chi connectivity index (χ4v) is 4.70. The van der Waals surface area contributed by atoms with Crippen molar-refractivity contribution in [2.45, 2.75) is 65.1 Å². The predicted octanol–water partition coefficient (Wildman–Crippen LogP) is 7.17. The zero-order chi connectivity index (χ0) is 22.5. The van der Waals surface area contributed by atoms with Crippen LogP contribution in [0.15, 0.2) is 60.8 Å². The van der Waals surface area contributed by atoms with Crippen molar-refractivity contribution in [3.05, 3.63) is 88.2 Å². The summed E-state index contributed by atoms with van der Waals surface area (Å²) in [6.45, 7) is 5.44. The van der Waals surface area contributed by atoms with Crippen LogP contribution in [-0.4, -0.2) is 21.5 Å². The maximum Gasteiger partial charge on any atom is 0.322 e. The quantitative estimate of drug-likeness (QED) is 0.425. The Hall–Kier alpha value is -2.72. The van der Waals surface area contributed by atoms with E-state index in [1.807, 2.05) is 41.3 Å². The van der Waals surface area contributed by atoms with Gasteiger partial charge in [0, 0.05) is 35.2 Å². The number of halogens is 1. The van der Waals surface area contributed by atoms with Gasteiger partial charge in [-0.1, -0.05) is 55.1 Å². The SMILES string of the molecule is Cc1ccc(NC(=O)N(Cc2cccn2Cc2ccccc2Cl)C2CCCCC2)cc1C. The van der Waals surface area contributed by atoms with E-state index in [1.165, 1.54) is 30.4 Å². The number of hydrogen-bond donors (Lipinski definition) is 1. The van der Waals surface area contributed by atoms with Crippen molar-refractivity contribution in [3.63, 3.8) is 0 Å². The minimum absolute atomic E-state index is 0.0225. The molecular formula is C27H32ClN3O. The van der Waals surface area contributed by atoms with Gasteiger partial charge in [-0.2, -0.15) is 0 Å². The maximum atomic E-state index is 13.4. The normalized spacial score (nSPS) is 14.3. The third-order valence-corrected chi connectivity index (χ3v) is 6.96. The molecule has 4 rings (SSSR count). The topological polar surface area (TPSA) is 37.3 Å². The molecule has 1 heterocycles. The summed E-state index contributed by atoms with van der Waals surface area (Å²) in [6, 6.07) is 18.4. The Kier molecular flexibility index (Phi) is 7.21. The first-order chi connectivity index (χ1) is 15.5. The van der Waals surface area contributed by atoms with Crippen molar-refractivity contribution in [1.82, 2.24) is 9.47 Å². The van der Waals surface area contributed by atoms with Crippen LogP contribution in [0.5, 0.6) is 0 Å². The molecule has 4 nitrogen and oxygen atoms in total. The summed E-state index contributed by atoms with van der Waals surface area (Å²) >= 11 is 6.40. The summed E-state index contributed by atoms with van der Waals surface area (Å²) in [7, 11) is 0. The first-order valence-electron chi connectivity index (χ1n) is 11.5. The molecule has 168 valence electrons. The van der Waals surface area contributed by atoms with E-state index in [-0.39, 0.29) is 12.1 Å². The number of anilines is 1. The molecule has 1 N–H and O–H groups in total. The Morgan fingerprint density at radius 1 is 1.03 bits per heavy atom. The van der Waals surface area contributed by atoms with Crippen LogP contribution < -0.4 is 5.32 Å². The Morgan fingerprint density at radius 3 is 2.56 bits per heavy atom. The Bertz CT molecular complexity index is 1070. The number of hydrogen-bond acceptors (Lipinski definition) is 1. The van der Waals surface area contributed by atoms with Crippen LogP contribution in [0.25, 0.3) is 0 Å². The number of carbonyl (C=O) groups is 1. The van der Waals surface area contributed by atoms with Gasteiger partial charge >= 0.3 is 6.03 Å². The van der Waals surface area contributed by atoms with Gasteiger partial charge in [-0.25, -0.2) is 4.79 Å². The molecule has 2 aromatic carbocycles. The van der Waals surface area contributed by atoms with Gasteiger partial charge in [-0.15, -0.1) is 0 Å². The molecule has 0 atom stereocenters. The standard InChI is InChI=1S/C27H32ClN3O/c1-20-14-15-23(17-21(20)2)29-27(32)31(24-10-4-3-5-11-24)19-25-12-8-16-30(25)18-22-9-6-7-13-26(22)28/h6-9,12-17,24H,3-5,10-11,18-19H2,1-2H3,(H,29,32). The van der Waals surface area contributed by atoms with Gasteiger partial charge in [0.15, 0.2) is 0 Å². The minimum Gasteiger partial charge on any atom is -0.345 e. The smallest absolute Gasteiger partial charge is 0.322 e. The first-order valence-corrected chi connectivity index (χ1v) is 11.9. The second-order valence-corrected chi connectivity index (χ2v) is 9.27. The van der Waals surface area contributed by atoms with E-state index in [1.54, 1.807) is 0 Å². The van der Waals surface area contributed by atoms with Crippen molar-refractivity contribution in [1.29, 1.82) is 0 Å². The third kappa shape index (κ3) is 5.36. The van der Waals surface area contributed by atoms with Crippen LogP contribution in [0, 0.1) is 13.8 Å². The molecule has 0 spiro atoms. The highest BCUT2D eigenvalue weighted by Crippen LogP contribution is 2.26. The fourth-order valence-electron chi connectivity index (χ4n) is 4.51. The lowest BCUT2D eigenvalue weighted by atomic mass is 9.94. The third-order valence-electron chi connectivity index (χ3n) is 6.59. The van der Waals surface area contributed by atoms with Crippen LogP contribution >= 0.6 is 11.6 Å². The lowest BCUT2D eigenvalue weighted by molar-refractivity contribution is 0.161. The molecule has 0 bridgehead atoms. The maximum absolute atomic E-state index is 13.4. The number of aromatic nitrogens is 1. The Morgan fingerprint density at radius 2 is 1.81 bits per heavy atom. The van der Waals surface area contributed by atoms with Crippen LogP contribution in [0.3, 0.4) is 0 Å². The molecular weight excluding hydrogens is 418 g/mol. The second kappa shape index (κ2) is 10.3. The zero-order valence-electron chi connectivity index (χ0n) is 19.0. The van der Waals surface area contributed by atoms with Gasteiger partial charge < -0.3 is 14.8 Å². The number of urea groups is 1. The van der Waals surface area contributed by atoms with Gasteiger partial charge in [0.2, 0.25) is 0 Å². The number of aryl methyl sites for hydroxylation is 2. The first kappa shape index (κ1) is 22.5. The molecule has 5 heteroatoms. The van der Waals surface area contributed by atoms with Gasteiger partial charge in [0.25, 0.3) is 0 Å². The van der Waals surface area contributed by atoms with E-state index in [2.05, 4.69) is 48.1 Å². The molecule has 0 unspecified atom stereocenters. The average molecular weight is 450 g/mol. The van der Waals surface area contributed by atoms with E-state index in [0.717, 1.165) is 34.8 Å². The van der Waals surface area contributed by atoms with Gasteiger partial charge in [-0.3, -0.25) is 0 Å². The predicted molar refractivity (Wildman–Crippen MR) is 132 cm³/mol. The number of benzene rings is 2. The highest BCUT2D eigenvalue weighted by atomic mass is 35.5. The van der Waals surface area contributed by atoms with Crippen molar-refractivity contribution in [2.24, 2.45) is 0 Å². The number of amides is 2. The summed E-state index contributed by atoms with van der Waals surface area (Å²) in [5, 5.41) is 3.92. The van der Waals surface area contributed by atoms with Crippen LogP contribution in [0.4, 0.5) is 10.5 Å². The van der Waals surface area contributed by atoms with Crippen molar-refractivity contribution in [3.8, 4) is 0 Å². The van der Waals surface area contributed by atoms with Gasteiger partial charge in [0.05, 0.1) is 6.54 Å². The minimum atomic E-state index is -0.0225. The molecule has 0 radical (unpaired) electrons. The summed E-state index contributed by atoms with van der Waals surface area (Å²) < 4.78 is 2.19. The Labute approximate surface area is 196 Å². The zero-order valence-corrected chi connectivity index (χ0v) is 19.7. The highest BCUT2D eigenvalue weighted by molar-refractivity contribution is 6.31. The van der Waals surface area contributed by atoms with Crippen molar-refractivity contribution < 1.29 is 4.79 Å². The van der Waals surface area contributed by atoms with Crippen LogP contribution in [0.1, 0.15) is 54.5 Å². The number of nitrogens with zero attached hydrogens (tertiary/aromatic N) is 2. The lowest BCUT2D eigenvalue weighted by Gasteiger charge is -2.34. The summed E-state index contributed by atoms with van der Waals surface area (Å²) in [4.78, 5) is 15.5. The largest absolute Gasteiger partial charge is 0.345 e. The average Bonchev–Trinajstić information content (AvgIpc) is 3.23. The van der Waals surface area contributed by atoms with Crippen LogP contribution in [0.2, 0.25) is 5.02 Å². The number of nitrogens with one attached hydrogen (secondary N) is 1. The Balaban J connectivity index is 1.55. The lowest BCUT2D eigenvalue weighted by Crippen LogP contribution is -2.43. The number of rotatable bonds is 6. The van der Waals surface area contributed by atoms with Crippen molar-refractivity contribution in [2.75, 3.05) is 5.32 Å². The van der Waals surface area contributed by atoms with Gasteiger partial charge in [-0.05, 0) is 73.7 Å². The molecule has 2 amide bonds. The fraction of sp³-hybridized carbons (Fsp3) is 0.370. The molecule has 1 saturated carbocycles. The molecule has 1 fully saturated rings. The summed E-state index contributed by atoms with van der Waals surface area (Å²) in [6.07, 6.45) is 7.81. The molecule has 1 aliphatic rings.